The highest BCUT2D eigenvalue weighted by atomic mass is 79.9. The van der Waals surface area contributed by atoms with E-state index in [2.05, 4.69) is 20.7 Å². The van der Waals surface area contributed by atoms with Crippen molar-refractivity contribution in [1.29, 1.82) is 0 Å². The van der Waals surface area contributed by atoms with Gasteiger partial charge in [-0.3, -0.25) is 4.79 Å². The molecule has 0 aliphatic heterocycles. The molecule has 1 aromatic rings. The van der Waals surface area contributed by atoms with E-state index in [4.69, 9.17) is 0 Å². The summed E-state index contributed by atoms with van der Waals surface area (Å²) in [5.41, 5.74) is -0.814. The molecule has 0 aliphatic carbocycles. The first kappa shape index (κ1) is 13.1. The Balaban J connectivity index is 3.03. The van der Waals surface area contributed by atoms with E-state index in [1.165, 1.54) is 0 Å². The smallest absolute Gasteiger partial charge is 0.316 e. The Morgan fingerprint density at radius 2 is 1.69 bits per heavy atom. The third-order valence-corrected chi connectivity index (χ3v) is 2.23. The van der Waals surface area contributed by atoms with Gasteiger partial charge in [-0.25, -0.2) is 8.78 Å². The minimum absolute atomic E-state index is 0.248. The molecule has 0 aromatic heterocycles. The van der Waals surface area contributed by atoms with Crippen molar-refractivity contribution in [1.82, 2.24) is 0 Å². The van der Waals surface area contributed by atoms with Gasteiger partial charge in [0.2, 0.25) is 5.75 Å². The molecule has 0 amide bonds. The molecule has 1 rings (SSSR count). The Hall–Kier alpha value is -0.970. The van der Waals surface area contributed by atoms with Crippen LogP contribution in [0.3, 0.4) is 0 Å². The van der Waals surface area contributed by atoms with E-state index < -0.39 is 28.8 Å². The summed E-state index contributed by atoms with van der Waals surface area (Å²) in [5.74, 6) is -3.18. The molecule has 0 heterocycles. The summed E-state index contributed by atoms with van der Waals surface area (Å²) >= 11 is 2.93. The third kappa shape index (κ3) is 3.01. The molecule has 0 atom stereocenters. The third-order valence-electron chi connectivity index (χ3n) is 1.77. The van der Waals surface area contributed by atoms with Gasteiger partial charge in [0.1, 0.15) is 0 Å². The Bertz CT molecular complexity index is 401. The van der Waals surface area contributed by atoms with Crippen LogP contribution in [0.2, 0.25) is 0 Å². The van der Waals surface area contributed by atoms with Crippen LogP contribution in [-0.2, 0) is 4.79 Å². The molecule has 16 heavy (non-hydrogen) atoms. The maximum Gasteiger partial charge on any atom is 0.316 e. The van der Waals surface area contributed by atoms with Crippen molar-refractivity contribution >= 4 is 21.9 Å². The van der Waals surface area contributed by atoms with Crippen molar-refractivity contribution in [2.75, 3.05) is 0 Å². The van der Waals surface area contributed by atoms with Crippen molar-refractivity contribution in [3.63, 3.8) is 0 Å². The molecule has 1 aromatic carbocycles. The van der Waals surface area contributed by atoms with Crippen molar-refractivity contribution in [3.8, 4) is 5.75 Å². The lowest BCUT2D eigenvalue weighted by molar-refractivity contribution is -0.143. The number of carbonyl (C=O) groups is 1. The monoisotopic (exact) mass is 292 g/mol. The van der Waals surface area contributed by atoms with Crippen molar-refractivity contribution in [3.05, 3.63) is 28.2 Å². The Labute approximate surface area is 101 Å². The van der Waals surface area contributed by atoms with Crippen LogP contribution in [0, 0.1) is 17.0 Å². The van der Waals surface area contributed by atoms with Gasteiger partial charge in [0.25, 0.3) is 0 Å². The van der Waals surface area contributed by atoms with Crippen molar-refractivity contribution in [2.45, 2.75) is 20.8 Å². The van der Waals surface area contributed by atoms with Crippen LogP contribution in [0.25, 0.3) is 0 Å². The molecule has 0 saturated heterocycles. The van der Waals surface area contributed by atoms with Gasteiger partial charge in [0, 0.05) is 4.47 Å². The molecular weight excluding hydrogens is 282 g/mol. The fourth-order valence-electron chi connectivity index (χ4n) is 0.872. The van der Waals surface area contributed by atoms with Crippen LogP contribution in [0.4, 0.5) is 8.78 Å². The van der Waals surface area contributed by atoms with E-state index in [-0.39, 0.29) is 4.47 Å². The molecule has 0 N–H and O–H groups in total. The molecule has 0 unspecified atom stereocenters. The second-order valence-corrected chi connectivity index (χ2v) is 5.25. The summed E-state index contributed by atoms with van der Waals surface area (Å²) in [5, 5.41) is 0. The highest BCUT2D eigenvalue weighted by Crippen LogP contribution is 2.28. The summed E-state index contributed by atoms with van der Waals surface area (Å²) in [6.07, 6.45) is 0. The summed E-state index contributed by atoms with van der Waals surface area (Å²) in [7, 11) is 0. The molecule has 0 spiro atoms. The van der Waals surface area contributed by atoms with Crippen LogP contribution in [0.5, 0.6) is 5.75 Å². The van der Waals surface area contributed by atoms with Crippen LogP contribution >= 0.6 is 15.9 Å². The standard InChI is InChI=1S/C11H11BrF2O2/c1-11(2,3)10(15)16-9-7(13)4-6(12)5-8(9)14/h4-5H,1-3H3. The molecule has 0 aliphatic rings. The zero-order valence-electron chi connectivity index (χ0n) is 9.11. The van der Waals surface area contributed by atoms with Crippen molar-refractivity contribution < 1.29 is 18.3 Å². The van der Waals surface area contributed by atoms with Crippen LogP contribution in [-0.4, -0.2) is 5.97 Å². The number of benzene rings is 1. The van der Waals surface area contributed by atoms with Gasteiger partial charge in [-0.2, -0.15) is 0 Å². The summed E-state index contributed by atoms with van der Waals surface area (Å²) in [6, 6.07) is 2.07. The Morgan fingerprint density at radius 1 is 1.25 bits per heavy atom. The SMILES string of the molecule is CC(C)(C)C(=O)Oc1c(F)cc(Br)cc1F. The molecule has 0 saturated carbocycles. The summed E-state index contributed by atoms with van der Waals surface area (Å²) in [6.45, 7) is 4.80. The second kappa shape index (κ2) is 4.49. The number of carbonyl (C=O) groups excluding carboxylic acids is 1. The van der Waals surface area contributed by atoms with Crippen LogP contribution in [0.1, 0.15) is 20.8 Å². The molecule has 88 valence electrons. The number of esters is 1. The molecular formula is C11H11BrF2O2. The minimum atomic E-state index is -0.913. The molecule has 0 bridgehead atoms. The maximum absolute atomic E-state index is 13.3. The second-order valence-electron chi connectivity index (χ2n) is 4.34. The fraction of sp³-hybridized carbons (Fsp3) is 0.364. The average molecular weight is 293 g/mol. The van der Waals surface area contributed by atoms with E-state index in [9.17, 15) is 13.6 Å². The van der Waals surface area contributed by atoms with Gasteiger partial charge in [-0.1, -0.05) is 15.9 Å². The first-order valence-corrected chi connectivity index (χ1v) is 5.38. The predicted octanol–water partition coefficient (Wildman–Crippen LogP) is 3.68. The summed E-state index contributed by atoms with van der Waals surface area (Å²) in [4.78, 5) is 11.5. The zero-order chi connectivity index (χ0) is 12.5. The Kier molecular flexibility index (Phi) is 3.68. The Morgan fingerprint density at radius 3 is 2.06 bits per heavy atom. The first-order valence-electron chi connectivity index (χ1n) is 4.58. The maximum atomic E-state index is 13.3. The molecule has 0 radical (unpaired) electrons. The predicted molar refractivity (Wildman–Crippen MR) is 59.1 cm³/mol. The largest absolute Gasteiger partial charge is 0.420 e. The quantitative estimate of drug-likeness (QED) is 0.583. The fourth-order valence-corrected chi connectivity index (χ4v) is 1.27. The van der Waals surface area contributed by atoms with Gasteiger partial charge in [0.15, 0.2) is 11.6 Å². The van der Waals surface area contributed by atoms with Gasteiger partial charge in [-0.15, -0.1) is 0 Å². The normalized spacial score (nSPS) is 11.4. The highest BCUT2D eigenvalue weighted by Gasteiger charge is 2.26. The average Bonchev–Trinajstić information content (AvgIpc) is 2.08. The number of hydrogen-bond donors (Lipinski definition) is 0. The van der Waals surface area contributed by atoms with Gasteiger partial charge in [-0.05, 0) is 32.9 Å². The van der Waals surface area contributed by atoms with Gasteiger partial charge >= 0.3 is 5.97 Å². The molecule has 5 heteroatoms. The van der Waals surface area contributed by atoms with Crippen LogP contribution in [0.15, 0.2) is 16.6 Å². The highest BCUT2D eigenvalue weighted by molar-refractivity contribution is 9.10. The van der Waals surface area contributed by atoms with E-state index in [1.54, 1.807) is 20.8 Å². The molecule has 2 nitrogen and oxygen atoms in total. The van der Waals surface area contributed by atoms with E-state index in [0.717, 1.165) is 12.1 Å². The number of hydrogen-bond acceptors (Lipinski definition) is 2. The lowest BCUT2D eigenvalue weighted by Crippen LogP contribution is -2.26. The van der Waals surface area contributed by atoms with Gasteiger partial charge in [0.05, 0.1) is 5.41 Å². The lowest BCUT2D eigenvalue weighted by Gasteiger charge is -2.16. The van der Waals surface area contributed by atoms with Crippen LogP contribution < -0.4 is 4.74 Å². The summed E-state index contributed by atoms with van der Waals surface area (Å²) < 4.78 is 31.6. The number of ether oxygens (including phenoxy) is 1. The van der Waals surface area contributed by atoms with Gasteiger partial charge < -0.3 is 4.74 Å². The minimum Gasteiger partial charge on any atom is -0.420 e. The van der Waals surface area contributed by atoms with E-state index >= 15 is 0 Å². The number of rotatable bonds is 1. The molecule has 0 fully saturated rings. The van der Waals surface area contributed by atoms with E-state index in [0.29, 0.717) is 0 Å². The lowest BCUT2D eigenvalue weighted by atomic mass is 9.97. The first-order chi connectivity index (χ1) is 7.21. The topological polar surface area (TPSA) is 26.3 Å². The number of halogens is 3. The zero-order valence-corrected chi connectivity index (χ0v) is 10.7. The van der Waals surface area contributed by atoms with E-state index in [1.807, 2.05) is 0 Å². The van der Waals surface area contributed by atoms with Crippen molar-refractivity contribution in [2.24, 2.45) is 5.41 Å².